The van der Waals surface area contributed by atoms with Gasteiger partial charge in [-0.05, 0) is 60.9 Å². The molecule has 1 aliphatic rings. The number of fused-ring (bicyclic) bond motifs is 1. The number of carbonyl (C=O) groups is 1. The van der Waals surface area contributed by atoms with E-state index in [4.69, 9.17) is 9.72 Å². The first-order valence-electron chi connectivity index (χ1n) is 11.2. The predicted octanol–water partition coefficient (Wildman–Crippen LogP) is 5.74. The molecule has 0 spiro atoms. The van der Waals surface area contributed by atoms with Crippen molar-refractivity contribution < 1.29 is 9.53 Å². The number of nitrogens with one attached hydrogen (secondary N) is 1. The molecule has 2 unspecified atom stereocenters. The number of aryl methyl sites for hydroxylation is 1. The molecule has 1 amide bonds. The zero-order chi connectivity index (χ0) is 23.2. The first-order chi connectivity index (χ1) is 16.1. The molecular formula is C27H27N3O2S. The number of benzene rings is 2. The Bertz CT molecular complexity index is 1170. The van der Waals surface area contributed by atoms with Gasteiger partial charge >= 0.3 is 0 Å². The molecule has 3 aromatic rings. The molecule has 2 atom stereocenters. The van der Waals surface area contributed by atoms with E-state index in [0.717, 1.165) is 30.5 Å². The van der Waals surface area contributed by atoms with E-state index in [1.165, 1.54) is 17.3 Å². The van der Waals surface area contributed by atoms with Crippen LogP contribution < -0.4 is 10.1 Å². The molecule has 0 fully saturated rings. The van der Waals surface area contributed by atoms with Crippen LogP contribution in [-0.4, -0.2) is 23.3 Å². The maximum Gasteiger partial charge on any atom is 0.238 e. The van der Waals surface area contributed by atoms with Crippen LogP contribution in [0, 0.1) is 11.3 Å². The van der Waals surface area contributed by atoms with Crippen molar-refractivity contribution >= 4 is 23.4 Å². The van der Waals surface area contributed by atoms with Gasteiger partial charge in [-0.1, -0.05) is 61.2 Å². The number of pyridine rings is 1. The fraction of sp³-hybridized carbons (Fsp3) is 0.296. The Hall–Kier alpha value is -3.30. The van der Waals surface area contributed by atoms with Crippen molar-refractivity contribution in [3.8, 4) is 11.8 Å². The van der Waals surface area contributed by atoms with Crippen LogP contribution in [0.5, 0.6) is 5.75 Å². The van der Waals surface area contributed by atoms with Crippen molar-refractivity contribution in [3.63, 3.8) is 0 Å². The summed E-state index contributed by atoms with van der Waals surface area (Å²) in [6, 6.07) is 22.1. The molecule has 0 saturated carbocycles. The zero-order valence-electron chi connectivity index (χ0n) is 18.9. The minimum Gasteiger partial charge on any atom is -0.495 e. The van der Waals surface area contributed by atoms with Crippen LogP contribution in [0.4, 0.5) is 5.69 Å². The first kappa shape index (κ1) is 22.9. The zero-order valence-corrected chi connectivity index (χ0v) is 19.7. The average Bonchev–Trinajstić information content (AvgIpc) is 2.87. The largest absolute Gasteiger partial charge is 0.495 e. The van der Waals surface area contributed by atoms with Crippen molar-refractivity contribution in [3.05, 3.63) is 83.0 Å². The molecule has 6 heteroatoms. The maximum absolute atomic E-state index is 13.0. The van der Waals surface area contributed by atoms with Gasteiger partial charge in [0.05, 0.1) is 23.6 Å². The number of hydrogen-bond donors (Lipinski definition) is 1. The second-order valence-corrected chi connectivity index (χ2v) is 9.30. The molecule has 1 N–H and O–H groups in total. The van der Waals surface area contributed by atoms with Gasteiger partial charge in [-0.2, -0.15) is 5.26 Å². The fourth-order valence-corrected chi connectivity index (χ4v) is 5.24. The summed E-state index contributed by atoms with van der Waals surface area (Å²) < 4.78 is 5.34. The van der Waals surface area contributed by atoms with E-state index in [0.29, 0.717) is 34.4 Å². The second kappa shape index (κ2) is 10.5. The summed E-state index contributed by atoms with van der Waals surface area (Å²) in [7, 11) is 1.58. The van der Waals surface area contributed by atoms with Gasteiger partial charge < -0.3 is 10.1 Å². The second-order valence-electron chi connectivity index (χ2n) is 8.11. The van der Waals surface area contributed by atoms with E-state index in [-0.39, 0.29) is 11.2 Å². The third-order valence-corrected chi connectivity index (χ3v) is 7.39. The van der Waals surface area contributed by atoms with E-state index in [1.807, 2.05) is 43.3 Å². The van der Waals surface area contributed by atoms with Crippen LogP contribution in [0.1, 0.15) is 48.1 Å². The molecule has 0 aliphatic heterocycles. The minimum absolute atomic E-state index is 0.125. The van der Waals surface area contributed by atoms with Crippen molar-refractivity contribution in [1.29, 1.82) is 5.26 Å². The summed E-state index contributed by atoms with van der Waals surface area (Å²) in [6.45, 7) is 1.97. The number of amides is 1. The van der Waals surface area contributed by atoms with Crippen LogP contribution in [0.3, 0.4) is 0 Å². The Morgan fingerprint density at radius 1 is 1.24 bits per heavy atom. The SMILES string of the molecule is CCC(Sc1nc2c(cc1C#N)CC(c1ccccc1)CC2)C(=O)Nc1ccccc1OC. The summed E-state index contributed by atoms with van der Waals surface area (Å²) in [4.78, 5) is 17.9. The third kappa shape index (κ3) is 5.20. The van der Waals surface area contributed by atoms with Gasteiger partial charge in [0.15, 0.2) is 0 Å². The lowest BCUT2D eigenvalue weighted by atomic mass is 9.82. The molecular weight excluding hydrogens is 430 g/mol. The van der Waals surface area contributed by atoms with Crippen LogP contribution in [0.2, 0.25) is 0 Å². The van der Waals surface area contributed by atoms with Crippen molar-refractivity contribution in [1.82, 2.24) is 4.98 Å². The number of nitrogens with zero attached hydrogens (tertiary/aromatic N) is 2. The molecule has 1 aromatic heterocycles. The Labute approximate surface area is 199 Å². The van der Waals surface area contributed by atoms with Crippen LogP contribution in [0.15, 0.2) is 65.7 Å². The Kier molecular flexibility index (Phi) is 7.31. The molecule has 0 saturated heterocycles. The van der Waals surface area contributed by atoms with E-state index in [2.05, 4.69) is 35.7 Å². The molecule has 1 heterocycles. The monoisotopic (exact) mass is 457 g/mol. The summed E-state index contributed by atoms with van der Waals surface area (Å²) in [5.74, 6) is 0.934. The molecule has 4 rings (SSSR count). The Morgan fingerprint density at radius 3 is 2.73 bits per heavy atom. The lowest BCUT2D eigenvalue weighted by Gasteiger charge is -2.25. The lowest BCUT2D eigenvalue weighted by molar-refractivity contribution is -0.115. The summed E-state index contributed by atoms with van der Waals surface area (Å²) >= 11 is 1.36. The van der Waals surface area contributed by atoms with Gasteiger partial charge in [-0.15, -0.1) is 0 Å². The number of thioether (sulfide) groups is 1. The van der Waals surface area contributed by atoms with Crippen molar-refractivity contribution in [2.24, 2.45) is 0 Å². The number of methoxy groups -OCH3 is 1. The highest BCUT2D eigenvalue weighted by Gasteiger charge is 2.26. The summed E-state index contributed by atoms with van der Waals surface area (Å²) in [5.41, 5.74) is 4.69. The van der Waals surface area contributed by atoms with Gasteiger partial charge in [0.2, 0.25) is 5.91 Å². The average molecular weight is 458 g/mol. The van der Waals surface area contributed by atoms with Gasteiger partial charge in [0.1, 0.15) is 16.8 Å². The number of aromatic nitrogens is 1. The highest BCUT2D eigenvalue weighted by Crippen LogP contribution is 2.36. The minimum atomic E-state index is -0.367. The van der Waals surface area contributed by atoms with E-state index in [9.17, 15) is 10.1 Å². The fourth-order valence-electron chi connectivity index (χ4n) is 4.24. The smallest absolute Gasteiger partial charge is 0.238 e. The van der Waals surface area contributed by atoms with Gasteiger partial charge in [-0.25, -0.2) is 4.98 Å². The lowest BCUT2D eigenvalue weighted by Crippen LogP contribution is -2.25. The molecule has 0 bridgehead atoms. The standard InChI is InChI=1S/C27H27N3O2S/c1-3-25(26(31)29-23-11-7-8-12-24(23)32-2)33-27-21(17-28)16-20-15-19(13-14-22(20)30-27)18-9-5-4-6-10-18/h4-12,16,19,25H,3,13-15H2,1-2H3,(H,29,31). The number of rotatable bonds is 7. The Balaban J connectivity index is 1.53. The number of ether oxygens (including phenoxy) is 1. The molecule has 1 aliphatic carbocycles. The van der Waals surface area contributed by atoms with Gasteiger partial charge in [0, 0.05) is 5.69 Å². The maximum atomic E-state index is 13.0. The number of anilines is 1. The first-order valence-corrected chi connectivity index (χ1v) is 12.1. The highest BCUT2D eigenvalue weighted by atomic mass is 32.2. The predicted molar refractivity (Wildman–Crippen MR) is 132 cm³/mol. The van der Waals surface area contributed by atoms with E-state index in [1.54, 1.807) is 7.11 Å². The Morgan fingerprint density at radius 2 is 2.00 bits per heavy atom. The van der Waals surface area contributed by atoms with E-state index >= 15 is 0 Å². The molecule has 2 aromatic carbocycles. The summed E-state index contributed by atoms with van der Waals surface area (Å²) in [5, 5.41) is 13.0. The number of para-hydroxylation sites is 2. The third-order valence-electron chi connectivity index (χ3n) is 6.03. The van der Waals surface area contributed by atoms with E-state index < -0.39 is 0 Å². The molecule has 33 heavy (non-hydrogen) atoms. The molecule has 5 nitrogen and oxygen atoms in total. The number of carbonyl (C=O) groups excluding carboxylic acids is 1. The number of hydrogen-bond acceptors (Lipinski definition) is 5. The van der Waals surface area contributed by atoms with Crippen LogP contribution >= 0.6 is 11.8 Å². The normalized spacial score (nSPS) is 15.7. The van der Waals surface area contributed by atoms with Gasteiger partial charge in [-0.3, -0.25) is 4.79 Å². The van der Waals surface area contributed by atoms with Gasteiger partial charge in [0.25, 0.3) is 0 Å². The van der Waals surface area contributed by atoms with Crippen LogP contribution in [0.25, 0.3) is 0 Å². The van der Waals surface area contributed by atoms with Crippen LogP contribution in [-0.2, 0) is 17.6 Å². The summed E-state index contributed by atoms with van der Waals surface area (Å²) in [6.07, 6.45) is 3.41. The quantitative estimate of drug-likeness (QED) is 0.458. The van der Waals surface area contributed by atoms with Crippen molar-refractivity contribution in [2.75, 3.05) is 12.4 Å². The highest BCUT2D eigenvalue weighted by molar-refractivity contribution is 8.00. The molecule has 168 valence electrons. The molecule has 0 radical (unpaired) electrons. The topological polar surface area (TPSA) is 75.0 Å². The van der Waals surface area contributed by atoms with Crippen molar-refractivity contribution in [2.45, 2.75) is 48.8 Å². The number of nitriles is 1.